The highest BCUT2D eigenvalue weighted by Gasteiger charge is 2.60. The van der Waals surface area contributed by atoms with E-state index in [-0.39, 0.29) is 11.8 Å². The fraction of sp³-hybridized carbons (Fsp3) is 0.391. The van der Waals surface area contributed by atoms with Crippen LogP contribution >= 0.6 is 0 Å². The highest BCUT2D eigenvalue weighted by Crippen LogP contribution is 2.49. The number of para-hydroxylation sites is 1. The SMILES string of the molecule is CCCCN1C(=O)[C@@H]2[C@H](ON(c3ccccc3)[C@@H]2c2ccc(OC)cc2OC)C1=O. The normalized spacial score (nSPS) is 23.1. The number of imide groups is 1. The van der Waals surface area contributed by atoms with Crippen molar-refractivity contribution in [3.63, 3.8) is 0 Å². The van der Waals surface area contributed by atoms with E-state index in [1.165, 1.54) is 4.90 Å². The fourth-order valence-corrected chi connectivity index (χ4v) is 4.19. The van der Waals surface area contributed by atoms with E-state index in [1.54, 1.807) is 25.3 Å². The Morgan fingerprint density at radius 2 is 1.77 bits per heavy atom. The predicted molar refractivity (Wildman–Crippen MR) is 111 cm³/mol. The fourth-order valence-electron chi connectivity index (χ4n) is 4.19. The first-order valence-electron chi connectivity index (χ1n) is 10.2. The average Bonchev–Trinajstić information content (AvgIpc) is 3.28. The lowest BCUT2D eigenvalue weighted by atomic mass is 9.90. The van der Waals surface area contributed by atoms with Gasteiger partial charge in [-0.1, -0.05) is 31.5 Å². The second-order valence-electron chi connectivity index (χ2n) is 7.45. The maximum absolute atomic E-state index is 13.3. The van der Waals surface area contributed by atoms with Gasteiger partial charge in [-0.15, -0.1) is 0 Å². The van der Waals surface area contributed by atoms with Gasteiger partial charge in [-0.2, -0.15) is 0 Å². The number of amides is 2. The predicted octanol–water partition coefficient (Wildman–Crippen LogP) is 3.35. The summed E-state index contributed by atoms with van der Waals surface area (Å²) >= 11 is 0. The van der Waals surface area contributed by atoms with Gasteiger partial charge in [0.05, 0.1) is 25.9 Å². The molecule has 0 aliphatic carbocycles. The number of hydroxylamine groups is 1. The van der Waals surface area contributed by atoms with Crippen molar-refractivity contribution >= 4 is 17.5 Å². The van der Waals surface area contributed by atoms with E-state index in [0.717, 1.165) is 24.1 Å². The van der Waals surface area contributed by atoms with Crippen molar-refractivity contribution < 1.29 is 23.9 Å². The van der Waals surface area contributed by atoms with Gasteiger partial charge < -0.3 is 9.47 Å². The number of hydrogen-bond acceptors (Lipinski definition) is 6. The van der Waals surface area contributed by atoms with Crippen LogP contribution in [0.1, 0.15) is 31.4 Å². The molecule has 0 aromatic heterocycles. The van der Waals surface area contributed by atoms with Crippen molar-refractivity contribution in [2.24, 2.45) is 5.92 Å². The molecule has 2 aromatic carbocycles. The van der Waals surface area contributed by atoms with Gasteiger partial charge in [0.1, 0.15) is 17.4 Å². The van der Waals surface area contributed by atoms with E-state index in [1.807, 2.05) is 49.4 Å². The highest BCUT2D eigenvalue weighted by molar-refractivity contribution is 6.07. The van der Waals surface area contributed by atoms with E-state index in [4.69, 9.17) is 14.3 Å². The molecule has 0 N–H and O–H groups in total. The molecule has 2 saturated heterocycles. The van der Waals surface area contributed by atoms with Gasteiger partial charge in [0, 0.05) is 18.2 Å². The summed E-state index contributed by atoms with van der Waals surface area (Å²) in [7, 11) is 3.16. The minimum absolute atomic E-state index is 0.195. The molecule has 0 radical (unpaired) electrons. The zero-order valence-corrected chi connectivity index (χ0v) is 17.4. The Labute approximate surface area is 176 Å². The first-order valence-corrected chi connectivity index (χ1v) is 10.2. The third-order valence-corrected chi connectivity index (χ3v) is 5.71. The number of unbranched alkanes of at least 4 members (excludes halogenated alkanes) is 1. The zero-order valence-electron chi connectivity index (χ0n) is 17.4. The van der Waals surface area contributed by atoms with Crippen LogP contribution in [0.2, 0.25) is 0 Å². The number of anilines is 1. The van der Waals surface area contributed by atoms with Crippen LogP contribution in [0, 0.1) is 5.92 Å². The smallest absolute Gasteiger partial charge is 0.261 e. The van der Waals surface area contributed by atoms with E-state index >= 15 is 0 Å². The van der Waals surface area contributed by atoms with E-state index in [0.29, 0.717) is 18.0 Å². The minimum Gasteiger partial charge on any atom is -0.497 e. The molecule has 4 rings (SSSR count). The quantitative estimate of drug-likeness (QED) is 0.652. The summed E-state index contributed by atoms with van der Waals surface area (Å²) in [6.45, 7) is 2.45. The van der Waals surface area contributed by atoms with E-state index < -0.39 is 18.1 Å². The molecule has 7 nitrogen and oxygen atoms in total. The van der Waals surface area contributed by atoms with Crippen LogP contribution in [0.3, 0.4) is 0 Å². The van der Waals surface area contributed by atoms with Crippen molar-refractivity contribution in [3.8, 4) is 11.5 Å². The number of carbonyl (C=O) groups is 2. The van der Waals surface area contributed by atoms with Crippen LogP contribution in [0.15, 0.2) is 48.5 Å². The number of carbonyl (C=O) groups excluding carboxylic acids is 2. The lowest BCUT2D eigenvalue weighted by Gasteiger charge is -2.29. The monoisotopic (exact) mass is 410 g/mol. The van der Waals surface area contributed by atoms with Crippen molar-refractivity contribution in [3.05, 3.63) is 54.1 Å². The molecule has 2 heterocycles. The van der Waals surface area contributed by atoms with Crippen molar-refractivity contribution in [1.82, 2.24) is 4.90 Å². The van der Waals surface area contributed by atoms with Crippen LogP contribution in [0.5, 0.6) is 11.5 Å². The number of ether oxygens (including phenoxy) is 2. The molecule has 0 unspecified atom stereocenters. The second-order valence-corrected chi connectivity index (χ2v) is 7.45. The molecule has 2 aliphatic rings. The van der Waals surface area contributed by atoms with Crippen LogP contribution in [0.25, 0.3) is 0 Å². The number of fused-ring (bicyclic) bond motifs is 1. The summed E-state index contributed by atoms with van der Waals surface area (Å²) in [6, 6.07) is 14.5. The summed E-state index contributed by atoms with van der Waals surface area (Å²) in [5.41, 5.74) is 1.55. The van der Waals surface area contributed by atoms with Crippen molar-refractivity contribution in [1.29, 1.82) is 0 Å². The molecule has 30 heavy (non-hydrogen) atoms. The number of nitrogens with zero attached hydrogens (tertiary/aromatic N) is 2. The molecule has 2 aliphatic heterocycles. The second kappa shape index (κ2) is 8.36. The maximum Gasteiger partial charge on any atom is 0.261 e. The Morgan fingerprint density at radius 1 is 1.00 bits per heavy atom. The molecule has 0 bridgehead atoms. The molecular weight excluding hydrogens is 384 g/mol. The lowest BCUT2D eigenvalue weighted by molar-refractivity contribution is -0.143. The largest absolute Gasteiger partial charge is 0.497 e. The molecule has 2 aromatic rings. The Hall–Kier alpha value is -3.06. The van der Waals surface area contributed by atoms with E-state index in [2.05, 4.69) is 0 Å². The number of methoxy groups -OCH3 is 2. The molecule has 2 amide bonds. The minimum atomic E-state index is -0.841. The van der Waals surface area contributed by atoms with Crippen molar-refractivity contribution in [2.45, 2.75) is 31.9 Å². The lowest BCUT2D eigenvalue weighted by Crippen LogP contribution is -2.37. The van der Waals surface area contributed by atoms with Gasteiger partial charge in [0.15, 0.2) is 6.10 Å². The van der Waals surface area contributed by atoms with Crippen LogP contribution in [-0.2, 0) is 14.4 Å². The summed E-state index contributed by atoms with van der Waals surface area (Å²) in [5, 5.41) is 1.67. The molecule has 158 valence electrons. The number of likely N-dealkylation sites (tertiary alicyclic amines) is 1. The highest BCUT2D eigenvalue weighted by atomic mass is 16.7. The topological polar surface area (TPSA) is 68.3 Å². The Balaban J connectivity index is 1.79. The Morgan fingerprint density at radius 3 is 2.43 bits per heavy atom. The summed E-state index contributed by atoms with van der Waals surface area (Å²) in [4.78, 5) is 33.8. The third kappa shape index (κ3) is 3.29. The zero-order chi connectivity index (χ0) is 21.3. The Bertz CT molecular complexity index is 932. The third-order valence-electron chi connectivity index (χ3n) is 5.71. The summed E-state index contributed by atoms with van der Waals surface area (Å²) in [6.07, 6.45) is 0.834. The van der Waals surface area contributed by atoms with Crippen LogP contribution in [0.4, 0.5) is 5.69 Å². The molecule has 7 heteroatoms. The summed E-state index contributed by atoms with van der Waals surface area (Å²) < 4.78 is 10.9. The number of benzene rings is 2. The Kier molecular flexibility index (Phi) is 5.63. The molecule has 3 atom stereocenters. The average molecular weight is 410 g/mol. The van der Waals surface area contributed by atoms with Gasteiger partial charge in [0.25, 0.3) is 5.91 Å². The van der Waals surface area contributed by atoms with Crippen LogP contribution in [-0.4, -0.2) is 43.6 Å². The first-order chi connectivity index (χ1) is 14.6. The maximum atomic E-state index is 13.3. The van der Waals surface area contributed by atoms with Crippen molar-refractivity contribution in [2.75, 3.05) is 25.8 Å². The summed E-state index contributed by atoms with van der Waals surface area (Å²) in [5.74, 6) is 0.124. The number of rotatable bonds is 7. The standard InChI is InChI=1S/C23H26N2O5/c1-4-5-13-24-22(26)19-20(17-12-11-16(28-2)14-18(17)29-3)25(30-21(19)23(24)27)15-9-7-6-8-10-15/h6-12,14,19-21H,4-5,13H2,1-3H3/t19-,20+,21-/m0/s1. The molecular formula is C23H26N2O5. The molecule has 0 saturated carbocycles. The molecule has 2 fully saturated rings. The number of hydrogen-bond donors (Lipinski definition) is 0. The van der Waals surface area contributed by atoms with Gasteiger partial charge in [-0.25, -0.2) is 5.06 Å². The van der Waals surface area contributed by atoms with Gasteiger partial charge in [-0.05, 0) is 30.7 Å². The van der Waals surface area contributed by atoms with Gasteiger partial charge in [-0.3, -0.25) is 19.3 Å². The van der Waals surface area contributed by atoms with Gasteiger partial charge in [0.2, 0.25) is 5.91 Å². The first kappa shape index (κ1) is 20.2. The van der Waals surface area contributed by atoms with E-state index in [9.17, 15) is 9.59 Å². The van der Waals surface area contributed by atoms with Crippen LogP contribution < -0.4 is 14.5 Å². The van der Waals surface area contributed by atoms with Gasteiger partial charge >= 0.3 is 0 Å². The molecule has 0 spiro atoms.